The number of hydrogen-bond donors (Lipinski definition) is 0. The molecule has 0 heterocycles. The average molecular weight is 247 g/mol. The molecule has 0 radical (unpaired) electrons. The van der Waals surface area contributed by atoms with Crippen LogP contribution in [0.25, 0.3) is 0 Å². The minimum absolute atomic E-state index is 0.194. The van der Waals surface area contributed by atoms with Crippen LogP contribution in [0, 0.1) is 0 Å². The van der Waals surface area contributed by atoms with Gasteiger partial charge in [-0.1, -0.05) is 6.07 Å². The lowest BCUT2D eigenvalue weighted by molar-refractivity contribution is 0.413. The van der Waals surface area contributed by atoms with Gasteiger partial charge in [0.2, 0.25) is 0 Å². The van der Waals surface area contributed by atoms with Crippen molar-refractivity contribution in [2.24, 2.45) is 0 Å². The SMILES string of the molecule is COc1ccc2c(c1)CCCC2.ClCCl. The smallest absolute Gasteiger partial charge is 0.119 e. The molecule has 1 aromatic carbocycles. The molecule has 1 aromatic rings. The molecule has 0 aromatic heterocycles. The van der Waals surface area contributed by atoms with Crippen LogP contribution >= 0.6 is 23.2 Å². The van der Waals surface area contributed by atoms with Crippen molar-refractivity contribution in [2.75, 3.05) is 12.4 Å². The first kappa shape index (κ1) is 12.7. The first-order valence-corrected chi connectivity index (χ1v) is 6.16. The van der Waals surface area contributed by atoms with Gasteiger partial charge in [-0.05, 0) is 48.9 Å². The largest absolute Gasteiger partial charge is 0.497 e. The summed E-state index contributed by atoms with van der Waals surface area (Å²) in [7, 11) is 1.73. The van der Waals surface area contributed by atoms with Gasteiger partial charge in [-0.3, -0.25) is 0 Å². The number of hydrogen-bond acceptors (Lipinski definition) is 1. The highest BCUT2D eigenvalue weighted by Crippen LogP contribution is 2.24. The molecule has 0 spiro atoms. The Bertz CT molecular complexity index is 300. The summed E-state index contributed by atoms with van der Waals surface area (Å²) in [5, 5.41) is 0.194. The predicted octanol–water partition coefficient (Wildman–Crippen LogP) is 4.00. The Morgan fingerprint density at radius 1 is 1.13 bits per heavy atom. The summed E-state index contributed by atoms with van der Waals surface area (Å²) in [6.45, 7) is 0. The molecule has 0 saturated heterocycles. The van der Waals surface area contributed by atoms with Crippen molar-refractivity contribution < 1.29 is 4.74 Å². The van der Waals surface area contributed by atoms with E-state index < -0.39 is 0 Å². The molecule has 1 nitrogen and oxygen atoms in total. The molecule has 0 saturated carbocycles. The zero-order valence-corrected chi connectivity index (χ0v) is 10.4. The standard InChI is InChI=1S/C11H14O.CH2Cl2/c1-12-11-7-6-9-4-2-3-5-10(9)8-11;2-1-3/h6-8H,2-5H2,1H3;1H2. The van der Waals surface area contributed by atoms with E-state index in [2.05, 4.69) is 18.2 Å². The Morgan fingerprint density at radius 3 is 2.33 bits per heavy atom. The Kier molecular flexibility index (Phi) is 5.89. The highest BCUT2D eigenvalue weighted by Gasteiger charge is 2.08. The molecular formula is C12H16Cl2O. The fourth-order valence-corrected chi connectivity index (χ4v) is 1.84. The molecule has 0 fully saturated rings. The van der Waals surface area contributed by atoms with Crippen LogP contribution in [0.3, 0.4) is 0 Å². The highest BCUT2D eigenvalue weighted by atomic mass is 35.5. The van der Waals surface area contributed by atoms with Gasteiger partial charge in [0.1, 0.15) is 5.75 Å². The molecule has 15 heavy (non-hydrogen) atoms. The van der Waals surface area contributed by atoms with Crippen LogP contribution in [-0.2, 0) is 12.8 Å². The summed E-state index contributed by atoms with van der Waals surface area (Å²) in [5.74, 6) is 0.996. The number of alkyl halides is 2. The fraction of sp³-hybridized carbons (Fsp3) is 0.500. The van der Waals surface area contributed by atoms with Crippen LogP contribution in [0.5, 0.6) is 5.75 Å². The zero-order chi connectivity index (χ0) is 11.1. The second-order valence-electron chi connectivity index (χ2n) is 3.44. The average Bonchev–Trinajstić information content (AvgIpc) is 2.29. The lowest BCUT2D eigenvalue weighted by Crippen LogP contribution is -2.02. The maximum absolute atomic E-state index is 5.18. The molecule has 0 atom stereocenters. The Balaban J connectivity index is 0.000000337. The molecule has 0 N–H and O–H groups in total. The molecular weight excluding hydrogens is 231 g/mol. The van der Waals surface area contributed by atoms with Crippen LogP contribution in [0.4, 0.5) is 0 Å². The van der Waals surface area contributed by atoms with Gasteiger partial charge in [-0.25, -0.2) is 0 Å². The maximum atomic E-state index is 5.18. The minimum atomic E-state index is 0.194. The van der Waals surface area contributed by atoms with Crippen molar-refractivity contribution in [3.63, 3.8) is 0 Å². The van der Waals surface area contributed by atoms with Crippen molar-refractivity contribution in [2.45, 2.75) is 25.7 Å². The summed E-state index contributed by atoms with van der Waals surface area (Å²) in [6.07, 6.45) is 5.16. The number of halogens is 2. The van der Waals surface area contributed by atoms with Crippen molar-refractivity contribution in [1.29, 1.82) is 0 Å². The summed E-state index contributed by atoms with van der Waals surface area (Å²) in [4.78, 5) is 0. The van der Waals surface area contributed by atoms with E-state index in [1.54, 1.807) is 7.11 Å². The molecule has 2 rings (SSSR count). The topological polar surface area (TPSA) is 9.23 Å². The van der Waals surface area contributed by atoms with E-state index in [9.17, 15) is 0 Å². The van der Waals surface area contributed by atoms with Gasteiger partial charge in [-0.15, -0.1) is 23.2 Å². The zero-order valence-electron chi connectivity index (χ0n) is 8.93. The van der Waals surface area contributed by atoms with Crippen LogP contribution < -0.4 is 4.74 Å². The third-order valence-corrected chi connectivity index (χ3v) is 2.56. The summed E-state index contributed by atoms with van der Waals surface area (Å²) in [5.41, 5.74) is 3.00. The second-order valence-corrected chi connectivity index (χ2v) is 4.25. The van der Waals surface area contributed by atoms with E-state index in [1.165, 1.54) is 36.8 Å². The predicted molar refractivity (Wildman–Crippen MR) is 66.2 cm³/mol. The van der Waals surface area contributed by atoms with Crippen molar-refractivity contribution in [1.82, 2.24) is 0 Å². The monoisotopic (exact) mass is 246 g/mol. The van der Waals surface area contributed by atoms with Gasteiger partial charge in [0.25, 0.3) is 0 Å². The summed E-state index contributed by atoms with van der Waals surface area (Å²) in [6, 6.07) is 6.44. The Labute approximate surface area is 101 Å². The number of fused-ring (bicyclic) bond motifs is 1. The van der Waals surface area contributed by atoms with Gasteiger partial charge < -0.3 is 4.74 Å². The molecule has 1 aliphatic carbocycles. The van der Waals surface area contributed by atoms with E-state index in [0.29, 0.717) is 0 Å². The molecule has 1 aliphatic rings. The lowest BCUT2D eigenvalue weighted by Gasteiger charge is -2.15. The van der Waals surface area contributed by atoms with Crippen LogP contribution in [0.1, 0.15) is 24.0 Å². The van der Waals surface area contributed by atoms with Crippen molar-refractivity contribution in [3.8, 4) is 5.75 Å². The van der Waals surface area contributed by atoms with Crippen LogP contribution in [0.15, 0.2) is 18.2 Å². The quantitative estimate of drug-likeness (QED) is 0.681. The van der Waals surface area contributed by atoms with Crippen molar-refractivity contribution >= 4 is 23.2 Å². The van der Waals surface area contributed by atoms with Crippen LogP contribution in [-0.4, -0.2) is 12.4 Å². The van der Waals surface area contributed by atoms with Gasteiger partial charge >= 0.3 is 0 Å². The minimum Gasteiger partial charge on any atom is -0.497 e. The van der Waals surface area contributed by atoms with E-state index in [1.807, 2.05) is 0 Å². The van der Waals surface area contributed by atoms with Gasteiger partial charge in [0.15, 0.2) is 0 Å². The molecule has 0 bridgehead atoms. The normalized spacial score (nSPS) is 13.5. The van der Waals surface area contributed by atoms with Crippen molar-refractivity contribution in [3.05, 3.63) is 29.3 Å². The van der Waals surface area contributed by atoms with E-state index in [4.69, 9.17) is 27.9 Å². The third kappa shape index (κ3) is 3.92. The Morgan fingerprint density at radius 2 is 1.73 bits per heavy atom. The Hall–Kier alpha value is -0.400. The number of ether oxygens (including phenoxy) is 1. The maximum Gasteiger partial charge on any atom is 0.119 e. The van der Waals surface area contributed by atoms with E-state index in [-0.39, 0.29) is 5.34 Å². The molecule has 3 heteroatoms. The third-order valence-electron chi connectivity index (χ3n) is 2.56. The van der Waals surface area contributed by atoms with Gasteiger partial charge in [0, 0.05) is 0 Å². The first-order valence-electron chi connectivity index (χ1n) is 5.09. The highest BCUT2D eigenvalue weighted by molar-refractivity contribution is 6.40. The fourth-order valence-electron chi connectivity index (χ4n) is 1.84. The number of methoxy groups -OCH3 is 1. The number of benzene rings is 1. The van der Waals surface area contributed by atoms with Gasteiger partial charge in [0.05, 0.1) is 12.4 Å². The molecule has 0 amide bonds. The molecule has 0 unspecified atom stereocenters. The first-order chi connectivity index (χ1) is 7.31. The van der Waals surface area contributed by atoms with Gasteiger partial charge in [-0.2, -0.15) is 0 Å². The summed E-state index contributed by atoms with van der Waals surface area (Å²) >= 11 is 9.53. The molecule has 0 aliphatic heterocycles. The number of aryl methyl sites for hydroxylation is 2. The summed E-state index contributed by atoms with van der Waals surface area (Å²) < 4.78 is 5.18. The second kappa shape index (κ2) is 6.97. The van der Waals surface area contributed by atoms with E-state index in [0.717, 1.165) is 5.75 Å². The van der Waals surface area contributed by atoms with E-state index >= 15 is 0 Å². The number of rotatable bonds is 1. The molecule has 84 valence electrons. The van der Waals surface area contributed by atoms with Crippen LogP contribution in [0.2, 0.25) is 0 Å². The lowest BCUT2D eigenvalue weighted by atomic mass is 9.92.